The highest BCUT2D eigenvalue weighted by Gasteiger charge is 2.23. The number of aryl methyl sites for hydroxylation is 1. The number of benzene rings is 3. The van der Waals surface area contributed by atoms with Crippen molar-refractivity contribution in [3.8, 4) is 10.6 Å². The van der Waals surface area contributed by atoms with Crippen LogP contribution >= 0.6 is 11.3 Å². The average molecular weight is 528 g/mol. The lowest BCUT2D eigenvalue weighted by molar-refractivity contribution is -0.118. The molecule has 0 aliphatic carbocycles. The zero-order chi connectivity index (χ0) is 26.9. The van der Waals surface area contributed by atoms with Gasteiger partial charge in [0.25, 0.3) is 5.91 Å². The van der Waals surface area contributed by atoms with E-state index in [2.05, 4.69) is 27.8 Å². The highest BCUT2D eigenvalue weighted by Crippen LogP contribution is 2.28. The summed E-state index contributed by atoms with van der Waals surface area (Å²) in [4.78, 5) is 28.4. The highest BCUT2D eigenvalue weighted by atomic mass is 32.1. The number of nitrogens with zero attached hydrogens (tertiary/aromatic N) is 3. The van der Waals surface area contributed by atoms with E-state index in [0.717, 1.165) is 36.1 Å². The van der Waals surface area contributed by atoms with Crippen LogP contribution in [0.3, 0.4) is 0 Å². The molecule has 8 heteroatoms. The van der Waals surface area contributed by atoms with Gasteiger partial charge in [-0.1, -0.05) is 67.1 Å². The van der Waals surface area contributed by atoms with Crippen LogP contribution in [0.25, 0.3) is 10.6 Å². The Morgan fingerprint density at radius 3 is 2.26 bits per heavy atom. The fraction of sp³-hybridized carbons (Fsp3) is 0.267. The summed E-state index contributed by atoms with van der Waals surface area (Å²) in [7, 11) is 3.97. The second kappa shape index (κ2) is 13.0. The van der Waals surface area contributed by atoms with Gasteiger partial charge in [-0.2, -0.15) is 0 Å². The first-order valence-corrected chi connectivity index (χ1v) is 13.6. The topological polar surface area (TPSA) is 87.2 Å². The van der Waals surface area contributed by atoms with Gasteiger partial charge in [0.05, 0.1) is 0 Å². The van der Waals surface area contributed by atoms with Crippen molar-refractivity contribution in [2.45, 2.75) is 38.6 Å². The van der Waals surface area contributed by atoms with Crippen LogP contribution in [0.1, 0.15) is 41.3 Å². The third-order valence-corrected chi connectivity index (χ3v) is 7.11. The van der Waals surface area contributed by atoms with Crippen molar-refractivity contribution < 1.29 is 9.59 Å². The van der Waals surface area contributed by atoms with Gasteiger partial charge in [-0.3, -0.25) is 14.9 Å². The van der Waals surface area contributed by atoms with Crippen LogP contribution < -0.4 is 15.5 Å². The Hall–Kier alpha value is -4.04. The molecule has 1 aromatic heterocycles. The molecule has 0 aliphatic heterocycles. The number of anilines is 2. The number of hydrogen-bond donors (Lipinski definition) is 2. The second-order valence-electron chi connectivity index (χ2n) is 9.36. The number of carbonyl (C=O) groups is 2. The van der Waals surface area contributed by atoms with E-state index in [-0.39, 0.29) is 11.8 Å². The van der Waals surface area contributed by atoms with E-state index in [1.165, 1.54) is 16.9 Å². The third kappa shape index (κ3) is 7.26. The van der Waals surface area contributed by atoms with Crippen LogP contribution in [-0.4, -0.2) is 42.1 Å². The molecule has 4 aromatic rings. The van der Waals surface area contributed by atoms with Crippen LogP contribution in [0.5, 0.6) is 0 Å². The minimum absolute atomic E-state index is 0.290. The zero-order valence-corrected chi connectivity index (χ0v) is 22.8. The molecule has 0 aliphatic rings. The summed E-state index contributed by atoms with van der Waals surface area (Å²) in [5.74, 6) is -0.630. The minimum atomic E-state index is -0.781. The molecule has 2 amide bonds. The monoisotopic (exact) mass is 527 g/mol. The Kier molecular flexibility index (Phi) is 9.21. The van der Waals surface area contributed by atoms with E-state index >= 15 is 0 Å². The molecule has 0 saturated carbocycles. The van der Waals surface area contributed by atoms with Crippen LogP contribution in [0.2, 0.25) is 0 Å². The summed E-state index contributed by atoms with van der Waals surface area (Å²) in [6.07, 6.45) is 3.57. The van der Waals surface area contributed by atoms with Crippen molar-refractivity contribution in [3.63, 3.8) is 0 Å². The van der Waals surface area contributed by atoms with Crippen LogP contribution in [-0.2, 0) is 17.6 Å². The number of hydrogen-bond acceptors (Lipinski definition) is 6. The summed E-state index contributed by atoms with van der Waals surface area (Å²) >= 11 is 1.30. The van der Waals surface area contributed by atoms with Gasteiger partial charge in [-0.15, -0.1) is 10.2 Å². The van der Waals surface area contributed by atoms with Crippen LogP contribution in [0.4, 0.5) is 10.8 Å². The van der Waals surface area contributed by atoms with Crippen molar-refractivity contribution in [2.75, 3.05) is 24.3 Å². The van der Waals surface area contributed by atoms with Gasteiger partial charge in [0, 0.05) is 37.3 Å². The first kappa shape index (κ1) is 27.0. The molecule has 2 N–H and O–H groups in total. The van der Waals surface area contributed by atoms with Gasteiger partial charge >= 0.3 is 0 Å². The summed E-state index contributed by atoms with van der Waals surface area (Å²) in [6, 6.07) is 24.4. The largest absolute Gasteiger partial charge is 0.378 e. The van der Waals surface area contributed by atoms with Gasteiger partial charge in [-0.25, -0.2) is 0 Å². The molecule has 1 atom stereocenters. The van der Waals surface area contributed by atoms with Gasteiger partial charge < -0.3 is 10.2 Å². The van der Waals surface area contributed by atoms with Crippen molar-refractivity contribution in [1.82, 2.24) is 15.5 Å². The van der Waals surface area contributed by atoms with Gasteiger partial charge in [0.2, 0.25) is 11.0 Å². The predicted octanol–water partition coefficient (Wildman–Crippen LogP) is 5.59. The number of carbonyl (C=O) groups excluding carboxylic acids is 2. The molecule has 38 heavy (non-hydrogen) atoms. The first-order valence-electron chi connectivity index (χ1n) is 12.8. The SMILES string of the molecule is CCCCc1ccc(C(=O)N[C@H](Cc2ccccc2)C(=O)Nc2nnc(-c3ccc(N(C)C)cc3)s2)cc1. The lowest BCUT2D eigenvalue weighted by atomic mass is 10.0. The Morgan fingerprint density at radius 1 is 0.895 bits per heavy atom. The molecule has 1 heterocycles. The Bertz CT molecular complexity index is 1340. The molecule has 0 fully saturated rings. The van der Waals surface area contributed by atoms with Gasteiger partial charge in [0.1, 0.15) is 11.0 Å². The molecule has 0 bridgehead atoms. The molecule has 7 nitrogen and oxygen atoms in total. The van der Waals surface area contributed by atoms with Gasteiger partial charge in [-0.05, 0) is 60.4 Å². The molecular formula is C30H33N5O2S. The van der Waals surface area contributed by atoms with E-state index in [1.54, 1.807) is 0 Å². The zero-order valence-electron chi connectivity index (χ0n) is 22.0. The fourth-order valence-corrected chi connectivity index (χ4v) is 4.74. The molecule has 0 radical (unpaired) electrons. The lowest BCUT2D eigenvalue weighted by Crippen LogP contribution is -2.45. The molecule has 0 unspecified atom stereocenters. The number of amides is 2. The molecule has 196 valence electrons. The number of nitrogens with one attached hydrogen (secondary N) is 2. The summed E-state index contributed by atoms with van der Waals surface area (Å²) in [6.45, 7) is 2.16. The summed E-state index contributed by atoms with van der Waals surface area (Å²) in [5, 5.41) is 15.3. The smallest absolute Gasteiger partial charge is 0.251 e. The number of rotatable bonds is 11. The summed E-state index contributed by atoms with van der Waals surface area (Å²) in [5.41, 5.74) is 4.68. The number of aromatic nitrogens is 2. The maximum absolute atomic E-state index is 13.3. The Morgan fingerprint density at radius 2 is 1.61 bits per heavy atom. The first-order chi connectivity index (χ1) is 18.4. The standard InChI is InChI=1S/C30H33N5O2S/c1-4-5-9-21-12-14-23(15-13-21)27(36)31-26(20-22-10-7-6-8-11-22)28(37)32-30-34-33-29(38-30)24-16-18-25(19-17-24)35(2)3/h6-8,10-19,26H,4-5,9,20H2,1-3H3,(H,31,36)(H,32,34,37)/t26-/m1/s1. The molecule has 3 aromatic carbocycles. The van der Waals surface area contributed by atoms with E-state index in [1.807, 2.05) is 97.9 Å². The molecule has 4 rings (SSSR count). The van der Waals surface area contributed by atoms with Crippen molar-refractivity contribution >= 4 is 34.0 Å². The quantitative estimate of drug-likeness (QED) is 0.265. The van der Waals surface area contributed by atoms with E-state index < -0.39 is 6.04 Å². The van der Waals surface area contributed by atoms with Crippen molar-refractivity contribution in [3.05, 3.63) is 95.6 Å². The summed E-state index contributed by atoms with van der Waals surface area (Å²) < 4.78 is 0. The Balaban J connectivity index is 1.47. The van der Waals surface area contributed by atoms with Crippen molar-refractivity contribution in [2.24, 2.45) is 0 Å². The highest BCUT2D eigenvalue weighted by molar-refractivity contribution is 7.18. The normalized spacial score (nSPS) is 11.6. The third-order valence-electron chi connectivity index (χ3n) is 6.23. The molecule has 0 saturated heterocycles. The fourth-order valence-electron chi connectivity index (χ4n) is 3.99. The van der Waals surface area contributed by atoms with E-state index in [0.29, 0.717) is 22.1 Å². The van der Waals surface area contributed by atoms with Crippen LogP contribution in [0.15, 0.2) is 78.9 Å². The molecular weight excluding hydrogens is 494 g/mol. The average Bonchev–Trinajstić information content (AvgIpc) is 3.40. The van der Waals surface area contributed by atoms with E-state index in [9.17, 15) is 9.59 Å². The Labute approximate surface area is 227 Å². The minimum Gasteiger partial charge on any atom is -0.378 e. The van der Waals surface area contributed by atoms with Gasteiger partial charge in [0.15, 0.2) is 0 Å². The lowest BCUT2D eigenvalue weighted by Gasteiger charge is -2.18. The van der Waals surface area contributed by atoms with Crippen LogP contribution in [0, 0.1) is 0 Å². The maximum Gasteiger partial charge on any atom is 0.251 e. The van der Waals surface area contributed by atoms with Crippen molar-refractivity contribution in [1.29, 1.82) is 0 Å². The second-order valence-corrected chi connectivity index (χ2v) is 10.3. The predicted molar refractivity (Wildman–Crippen MR) is 155 cm³/mol. The maximum atomic E-state index is 13.3. The molecule has 0 spiro atoms. The number of unbranched alkanes of at least 4 members (excludes halogenated alkanes) is 1. The van der Waals surface area contributed by atoms with E-state index in [4.69, 9.17) is 0 Å².